The fourth-order valence-electron chi connectivity index (χ4n) is 1.30. The van der Waals surface area contributed by atoms with E-state index in [4.69, 9.17) is 16.3 Å². The normalized spacial score (nSPS) is 10.2. The van der Waals surface area contributed by atoms with Gasteiger partial charge in [-0.15, -0.1) is 0 Å². The molecule has 0 atom stereocenters. The predicted octanol–water partition coefficient (Wildman–Crippen LogP) is 2.89. The van der Waals surface area contributed by atoms with E-state index in [1.807, 2.05) is 0 Å². The SMILES string of the molecule is Fc1ccc(CCOc2cnc(Cl)cn2)cc1. The highest BCUT2D eigenvalue weighted by Gasteiger charge is 1.98. The van der Waals surface area contributed by atoms with Gasteiger partial charge in [-0.25, -0.2) is 14.4 Å². The molecule has 0 saturated heterocycles. The molecule has 0 aliphatic rings. The fraction of sp³-hybridized carbons (Fsp3) is 0.167. The van der Waals surface area contributed by atoms with E-state index < -0.39 is 0 Å². The van der Waals surface area contributed by atoms with E-state index in [2.05, 4.69) is 9.97 Å². The third kappa shape index (κ3) is 3.67. The Morgan fingerprint density at radius 1 is 1.12 bits per heavy atom. The summed E-state index contributed by atoms with van der Waals surface area (Å²) in [6.07, 6.45) is 3.58. The first-order valence-electron chi connectivity index (χ1n) is 5.09. The van der Waals surface area contributed by atoms with Crippen molar-refractivity contribution in [3.8, 4) is 5.88 Å². The Labute approximate surface area is 103 Å². The van der Waals surface area contributed by atoms with E-state index in [0.29, 0.717) is 24.1 Å². The van der Waals surface area contributed by atoms with Crippen LogP contribution in [-0.4, -0.2) is 16.6 Å². The highest BCUT2D eigenvalue weighted by atomic mass is 35.5. The molecular formula is C12H10ClFN2O. The number of benzene rings is 1. The topological polar surface area (TPSA) is 35.0 Å². The van der Waals surface area contributed by atoms with E-state index in [1.54, 1.807) is 12.1 Å². The van der Waals surface area contributed by atoms with Gasteiger partial charge < -0.3 is 4.74 Å². The van der Waals surface area contributed by atoms with E-state index in [9.17, 15) is 4.39 Å². The van der Waals surface area contributed by atoms with Crippen LogP contribution in [0.2, 0.25) is 5.15 Å². The van der Waals surface area contributed by atoms with Gasteiger partial charge in [0.05, 0.1) is 19.0 Å². The molecule has 0 fully saturated rings. The fourth-order valence-corrected chi connectivity index (χ4v) is 1.40. The lowest BCUT2D eigenvalue weighted by atomic mass is 10.2. The Morgan fingerprint density at radius 2 is 1.88 bits per heavy atom. The third-order valence-electron chi connectivity index (χ3n) is 2.15. The average Bonchev–Trinajstić information content (AvgIpc) is 2.34. The summed E-state index contributed by atoms with van der Waals surface area (Å²) < 4.78 is 18.0. The summed E-state index contributed by atoms with van der Waals surface area (Å²) in [6, 6.07) is 6.31. The van der Waals surface area contributed by atoms with Gasteiger partial charge in [0, 0.05) is 6.42 Å². The van der Waals surface area contributed by atoms with Gasteiger partial charge in [0.1, 0.15) is 11.0 Å². The molecular weight excluding hydrogens is 243 g/mol. The molecule has 0 N–H and O–H groups in total. The highest BCUT2D eigenvalue weighted by Crippen LogP contribution is 2.08. The zero-order valence-corrected chi connectivity index (χ0v) is 9.69. The van der Waals surface area contributed by atoms with Crippen LogP contribution < -0.4 is 4.74 Å². The lowest BCUT2D eigenvalue weighted by molar-refractivity contribution is 0.308. The number of hydrogen-bond acceptors (Lipinski definition) is 3. The molecule has 1 heterocycles. The van der Waals surface area contributed by atoms with E-state index in [0.717, 1.165) is 5.56 Å². The van der Waals surface area contributed by atoms with E-state index in [-0.39, 0.29) is 5.82 Å². The molecule has 3 nitrogen and oxygen atoms in total. The molecule has 0 radical (unpaired) electrons. The summed E-state index contributed by atoms with van der Waals surface area (Å²) in [7, 11) is 0. The van der Waals surface area contributed by atoms with Gasteiger partial charge >= 0.3 is 0 Å². The van der Waals surface area contributed by atoms with Crippen molar-refractivity contribution in [2.75, 3.05) is 6.61 Å². The number of rotatable bonds is 4. The molecule has 0 amide bonds. The van der Waals surface area contributed by atoms with Crippen molar-refractivity contribution < 1.29 is 9.13 Å². The Morgan fingerprint density at radius 3 is 2.53 bits per heavy atom. The highest BCUT2D eigenvalue weighted by molar-refractivity contribution is 6.29. The van der Waals surface area contributed by atoms with Gasteiger partial charge in [-0.3, -0.25) is 0 Å². The molecule has 5 heteroatoms. The molecule has 2 aromatic rings. The van der Waals surface area contributed by atoms with Gasteiger partial charge in [-0.05, 0) is 17.7 Å². The van der Waals surface area contributed by atoms with E-state index >= 15 is 0 Å². The van der Waals surface area contributed by atoms with Gasteiger partial charge in [0.25, 0.3) is 0 Å². The van der Waals surface area contributed by atoms with Crippen LogP contribution in [0.15, 0.2) is 36.7 Å². The zero-order chi connectivity index (χ0) is 12.1. The lowest BCUT2D eigenvalue weighted by Gasteiger charge is -2.04. The van der Waals surface area contributed by atoms with Crippen LogP contribution in [0.5, 0.6) is 5.88 Å². The molecule has 0 aliphatic heterocycles. The van der Waals surface area contributed by atoms with Crippen LogP contribution in [-0.2, 0) is 6.42 Å². The quantitative estimate of drug-likeness (QED) is 0.839. The van der Waals surface area contributed by atoms with Crippen molar-refractivity contribution in [3.63, 3.8) is 0 Å². The minimum Gasteiger partial charge on any atom is -0.476 e. The van der Waals surface area contributed by atoms with Crippen molar-refractivity contribution in [1.29, 1.82) is 0 Å². The second kappa shape index (κ2) is 5.59. The van der Waals surface area contributed by atoms with Crippen LogP contribution in [0.25, 0.3) is 0 Å². The summed E-state index contributed by atoms with van der Waals surface area (Å²) in [5.74, 6) is 0.190. The number of ether oxygens (including phenoxy) is 1. The summed E-state index contributed by atoms with van der Waals surface area (Å²) in [5, 5.41) is 0.330. The molecule has 17 heavy (non-hydrogen) atoms. The molecule has 1 aromatic carbocycles. The van der Waals surface area contributed by atoms with Gasteiger partial charge in [0.15, 0.2) is 0 Å². The second-order valence-corrected chi connectivity index (χ2v) is 3.79. The maximum absolute atomic E-state index is 12.6. The average molecular weight is 253 g/mol. The smallest absolute Gasteiger partial charge is 0.232 e. The van der Waals surface area contributed by atoms with Gasteiger partial charge in [0.2, 0.25) is 5.88 Å². The zero-order valence-electron chi connectivity index (χ0n) is 8.94. The van der Waals surface area contributed by atoms with Crippen molar-refractivity contribution in [3.05, 3.63) is 53.2 Å². The Kier molecular flexibility index (Phi) is 3.88. The van der Waals surface area contributed by atoms with E-state index in [1.165, 1.54) is 24.5 Å². The number of nitrogens with zero attached hydrogens (tertiary/aromatic N) is 2. The number of aromatic nitrogens is 2. The summed E-state index contributed by atoms with van der Waals surface area (Å²) >= 11 is 5.59. The van der Waals surface area contributed by atoms with Crippen LogP contribution in [0.4, 0.5) is 4.39 Å². The van der Waals surface area contributed by atoms with Crippen LogP contribution >= 0.6 is 11.6 Å². The first kappa shape index (κ1) is 11.8. The first-order valence-corrected chi connectivity index (χ1v) is 5.46. The molecule has 0 unspecified atom stereocenters. The third-order valence-corrected chi connectivity index (χ3v) is 2.35. The number of hydrogen-bond donors (Lipinski definition) is 0. The predicted molar refractivity (Wildman–Crippen MR) is 62.6 cm³/mol. The molecule has 2 rings (SSSR count). The molecule has 0 aliphatic carbocycles. The summed E-state index contributed by atoms with van der Waals surface area (Å²) in [5.41, 5.74) is 1.01. The lowest BCUT2D eigenvalue weighted by Crippen LogP contribution is -2.02. The molecule has 0 spiro atoms. The minimum atomic E-state index is -0.238. The van der Waals surface area contributed by atoms with Crippen LogP contribution in [0.1, 0.15) is 5.56 Å². The first-order chi connectivity index (χ1) is 8.24. The minimum absolute atomic E-state index is 0.238. The molecule has 1 aromatic heterocycles. The largest absolute Gasteiger partial charge is 0.476 e. The van der Waals surface area contributed by atoms with Gasteiger partial charge in [-0.1, -0.05) is 23.7 Å². The standard InChI is InChI=1S/C12H10ClFN2O/c13-11-7-16-12(8-15-11)17-6-5-9-1-3-10(14)4-2-9/h1-4,7-8H,5-6H2. The summed E-state index contributed by atoms with van der Waals surface area (Å²) in [6.45, 7) is 0.460. The molecule has 88 valence electrons. The van der Waals surface area contributed by atoms with Crippen molar-refractivity contribution in [2.24, 2.45) is 0 Å². The van der Waals surface area contributed by atoms with Gasteiger partial charge in [-0.2, -0.15) is 0 Å². The Bertz CT molecular complexity index is 427. The van der Waals surface area contributed by atoms with Crippen LogP contribution in [0.3, 0.4) is 0 Å². The van der Waals surface area contributed by atoms with Crippen LogP contribution in [0, 0.1) is 5.82 Å². The maximum Gasteiger partial charge on any atom is 0.232 e. The molecule has 0 bridgehead atoms. The second-order valence-electron chi connectivity index (χ2n) is 3.40. The molecule has 0 saturated carbocycles. The summed E-state index contributed by atoms with van der Waals surface area (Å²) in [4.78, 5) is 7.79. The Hall–Kier alpha value is -1.68. The van der Waals surface area contributed by atoms with Crippen molar-refractivity contribution >= 4 is 11.6 Å². The number of halogens is 2. The Balaban J connectivity index is 1.83. The van der Waals surface area contributed by atoms with Crippen molar-refractivity contribution in [2.45, 2.75) is 6.42 Å². The monoisotopic (exact) mass is 252 g/mol. The van der Waals surface area contributed by atoms with Crippen molar-refractivity contribution in [1.82, 2.24) is 9.97 Å². The maximum atomic E-state index is 12.6.